The third-order valence-electron chi connectivity index (χ3n) is 5.92. The summed E-state index contributed by atoms with van der Waals surface area (Å²) in [7, 11) is 0. The van der Waals surface area contributed by atoms with Crippen LogP contribution in [0.1, 0.15) is 34.0 Å². The largest absolute Gasteiger partial charge is 0.487 e. The van der Waals surface area contributed by atoms with E-state index >= 15 is 0 Å². The molecule has 0 spiro atoms. The van der Waals surface area contributed by atoms with Crippen LogP contribution in [0.3, 0.4) is 0 Å². The molecule has 1 aliphatic rings. The number of amides is 1. The molecule has 1 heterocycles. The van der Waals surface area contributed by atoms with Crippen LogP contribution in [0.5, 0.6) is 5.75 Å². The van der Waals surface area contributed by atoms with Crippen LogP contribution in [0.25, 0.3) is 0 Å². The van der Waals surface area contributed by atoms with E-state index in [4.69, 9.17) is 16.3 Å². The molecule has 176 valence electrons. The monoisotopic (exact) mass is 481 g/mol. The predicted molar refractivity (Wildman–Crippen MR) is 128 cm³/mol. The smallest absolute Gasteiger partial charge is 0.323 e. The van der Waals surface area contributed by atoms with Gasteiger partial charge in [0.15, 0.2) is 0 Å². The number of carboxylic acids is 1. The second kappa shape index (κ2) is 9.85. The molecule has 3 aromatic rings. The summed E-state index contributed by atoms with van der Waals surface area (Å²) in [5.41, 5.74) is 2.72. The van der Waals surface area contributed by atoms with Crippen LogP contribution in [0.2, 0.25) is 5.02 Å². The van der Waals surface area contributed by atoms with Gasteiger partial charge >= 0.3 is 5.97 Å². The molecule has 0 saturated heterocycles. The van der Waals surface area contributed by atoms with Crippen molar-refractivity contribution in [3.05, 3.63) is 99.8 Å². The number of carbonyl (C=O) groups is 2. The highest BCUT2D eigenvalue weighted by atomic mass is 35.5. The van der Waals surface area contributed by atoms with Gasteiger partial charge < -0.3 is 14.7 Å². The maximum absolute atomic E-state index is 13.2. The normalized spacial score (nSPS) is 16.6. The van der Waals surface area contributed by atoms with Gasteiger partial charge in [0.1, 0.15) is 23.7 Å². The zero-order valence-corrected chi connectivity index (χ0v) is 19.5. The van der Waals surface area contributed by atoms with Crippen LogP contribution >= 0.6 is 11.6 Å². The summed E-state index contributed by atoms with van der Waals surface area (Å²) in [4.78, 5) is 26.0. The van der Waals surface area contributed by atoms with Crippen LogP contribution in [-0.2, 0) is 24.1 Å². The Bertz CT molecular complexity index is 1200. The second-order valence-electron chi connectivity index (χ2n) is 8.85. The Kier molecular flexibility index (Phi) is 6.89. The molecule has 7 heteroatoms. The van der Waals surface area contributed by atoms with Gasteiger partial charge in [0.05, 0.1) is 0 Å². The first kappa shape index (κ1) is 23.8. The van der Waals surface area contributed by atoms with Crippen molar-refractivity contribution in [3.63, 3.8) is 0 Å². The standard InChI is InChI=1S/C27H25ClFNO4/c1-27(15-19-4-9-23(29)10-5-19)16-21-14-20(6-11-24(21)34-27)26(33)30(17-25(31)32)13-12-18-2-7-22(28)8-3-18/h2-11,14H,12-13,15-17H2,1H3,(H,31,32)/t27-/m0/s1. The molecule has 0 bridgehead atoms. The second-order valence-corrected chi connectivity index (χ2v) is 9.29. The molecule has 4 rings (SSSR count). The zero-order chi connectivity index (χ0) is 24.3. The molecule has 1 amide bonds. The highest BCUT2D eigenvalue weighted by molar-refractivity contribution is 6.30. The van der Waals surface area contributed by atoms with Gasteiger partial charge in [-0.1, -0.05) is 35.9 Å². The summed E-state index contributed by atoms with van der Waals surface area (Å²) in [6, 6.07) is 18.8. The van der Waals surface area contributed by atoms with E-state index in [0.717, 1.165) is 16.7 Å². The van der Waals surface area contributed by atoms with Gasteiger partial charge in [0.2, 0.25) is 0 Å². The molecule has 5 nitrogen and oxygen atoms in total. The summed E-state index contributed by atoms with van der Waals surface area (Å²) in [5, 5.41) is 9.96. The molecule has 1 aliphatic heterocycles. The highest BCUT2D eigenvalue weighted by Gasteiger charge is 2.35. The molecule has 0 radical (unpaired) electrons. The Morgan fingerprint density at radius 3 is 2.41 bits per heavy atom. The molecular formula is C27H25ClFNO4. The van der Waals surface area contributed by atoms with Gasteiger partial charge in [0.25, 0.3) is 5.91 Å². The summed E-state index contributed by atoms with van der Waals surface area (Å²) in [5.74, 6) is -0.992. The van der Waals surface area contributed by atoms with Crippen molar-refractivity contribution in [3.8, 4) is 5.75 Å². The minimum absolute atomic E-state index is 0.267. The lowest BCUT2D eigenvalue weighted by atomic mass is 9.91. The SMILES string of the molecule is C[C@]1(Cc2ccc(F)cc2)Cc2cc(C(=O)N(CCc3ccc(Cl)cc3)CC(=O)O)ccc2O1. The highest BCUT2D eigenvalue weighted by Crippen LogP contribution is 2.37. The van der Waals surface area contributed by atoms with Crippen molar-refractivity contribution < 1.29 is 23.8 Å². The Morgan fingerprint density at radius 1 is 1.06 bits per heavy atom. The van der Waals surface area contributed by atoms with Gasteiger partial charge in [-0.15, -0.1) is 0 Å². The number of fused-ring (bicyclic) bond motifs is 1. The van der Waals surface area contributed by atoms with E-state index in [1.807, 2.05) is 19.1 Å². The van der Waals surface area contributed by atoms with E-state index in [9.17, 15) is 19.1 Å². The number of carbonyl (C=O) groups excluding carboxylic acids is 1. The number of halogens is 2. The minimum atomic E-state index is -1.07. The summed E-state index contributed by atoms with van der Waals surface area (Å²) in [6.45, 7) is 1.87. The fourth-order valence-corrected chi connectivity index (χ4v) is 4.43. The molecule has 0 aliphatic carbocycles. The third-order valence-corrected chi connectivity index (χ3v) is 6.17. The summed E-state index contributed by atoms with van der Waals surface area (Å²) >= 11 is 5.92. The Morgan fingerprint density at radius 2 is 1.74 bits per heavy atom. The van der Waals surface area contributed by atoms with E-state index in [0.29, 0.717) is 35.6 Å². The molecule has 1 atom stereocenters. The van der Waals surface area contributed by atoms with Crippen molar-refractivity contribution in [2.45, 2.75) is 31.8 Å². The first-order chi connectivity index (χ1) is 16.2. The zero-order valence-electron chi connectivity index (χ0n) is 18.8. The number of rotatable bonds is 8. The molecular weight excluding hydrogens is 457 g/mol. The Balaban J connectivity index is 1.47. The molecule has 0 unspecified atom stereocenters. The molecule has 0 saturated carbocycles. The predicted octanol–water partition coefficient (Wildman–Crippen LogP) is 5.18. The first-order valence-electron chi connectivity index (χ1n) is 11.0. The lowest BCUT2D eigenvalue weighted by Crippen LogP contribution is -2.37. The van der Waals surface area contributed by atoms with Gasteiger partial charge in [-0.3, -0.25) is 9.59 Å². The molecule has 0 fully saturated rings. The summed E-state index contributed by atoms with van der Waals surface area (Å²) in [6.07, 6.45) is 1.70. The maximum atomic E-state index is 13.2. The fourth-order valence-electron chi connectivity index (χ4n) is 4.30. The topological polar surface area (TPSA) is 66.8 Å². The average molecular weight is 482 g/mol. The minimum Gasteiger partial charge on any atom is -0.487 e. The van der Waals surface area contributed by atoms with E-state index in [-0.39, 0.29) is 24.8 Å². The number of aliphatic carboxylic acids is 1. The van der Waals surface area contributed by atoms with Gasteiger partial charge in [0, 0.05) is 30.0 Å². The van der Waals surface area contributed by atoms with Crippen molar-refractivity contribution in [1.82, 2.24) is 4.90 Å². The number of benzene rings is 3. The molecule has 34 heavy (non-hydrogen) atoms. The van der Waals surface area contributed by atoms with E-state index in [1.54, 1.807) is 42.5 Å². The number of ether oxygens (including phenoxy) is 1. The van der Waals surface area contributed by atoms with Gasteiger partial charge in [-0.05, 0) is 72.5 Å². The number of nitrogens with zero attached hydrogens (tertiary/aromatic N) is 1. The molecule has 0 aromatic heterocycles. The average Bonchev–Trinajstić information content (AvgIpc) is 3.13. The maximum Gasteiger partial charge on any atom is 0.323 e. The first-order valence-corrected chi connectivity index (χ1v) is 11.4. The summed E-state index contributed by atoms with van der Waals surface area (Å²) < 4.78 is 19.4. The number of hydrogen-bond acceptors (Lipinski definition) is 3. The lowest BCUT2D eigenvalue weighted by Gasteiger charge is -2.24. The van der Waals surface area contributed by atoms with E-state index in [1.165, 1.54) is 17.0 Å². The van der Waals surface area contributed by atoms with Gasteiger partial charge in [-0.25, -0.2) is 4.39 Å². The Hall–Kier alpha value is -3.38. The van der Waals surface area contributed by atoms with Crippen molar-refractivity contribution >= 4 is 23.5 Å². The lowest BCUT2D eigenvalue weighted by molar-refractivity contribution is -0.137. The van der Waals surface area contributed by atoms with E-state index in [2.05, 4.69) is 0 Å². The fraction of sp³-hybridized carbons (Fsp3) is 0.259. The van der Waals surface area contributed by atoms with Crippen LogP contribution < -0.4 is 4.74 Å². The van der Waals surface area contributed by atoms with Crippen LogP contribution in [0.15, 0.2) is 66.7 Å². The third kappa shape index (κ3) is 5.75. The number of carboxylic acid groups (broad SMARTS) is 1. The van der Waals surface area contributed by atoms with Crippen molar-refractivity contribution in [2.24, 2.45) is 0 Å². The van der Waals surface area contributed by atoms with Crippen molar-refractivity contribution in [1.29, 1.82) is 0 Å². The van der Waals surface area contributed by atoms with Crippen LogP contribution in [0.4, 0.5) is 4.39 Å². The number of hydrogen-bond donors (Lipinski definition) is 1. The van der Waals surface area contributed by atoms with Crippen LogP contribution in [-0.4, -0.2) is 40.6 Å². The molecule has 3 aromatic carbocycles. The Labute approximate surface area is 202 Å². The van der Waals surface area contributed by atoms with Gasteiger partial charge in [-0.2, -0.15) is 0 Å². The van der Waals surface area contributed by atoms with E-state index < -0.39 is 11.6 Å². The van der Waals surface area contributed by atoms with Crippen molar-refractivity contribution in [2.75, 3.05) is 13.1 Å². The molecule has 1 N–H and O–H groups in total. The quantitative estimate of drug-likeness (QED) is 0.481. The van der Waals surface area contributed by atoms with Crippen LogP contribution in [0, 0.1) is 5.82 Å².